The van der Waals surface area contributed by atoms with Crippen LogP contribution in [0.5, 0.6) is 0 Å². The van der Waals surface area contributed by atoms with Crippen LogP contribution >= 0.6 is 22.9 Å². The van der Waals surface area contributed by atoms with Gasteiger partial charge in [-0.25, -0.2) is 4.98 Å². The molecule has 0 unspecified atom stereocenters. The highest BCUT2D eigenvalue weighted by molar-refractivity contribution is 7.14. The molecule has 1 aromatic carbocycles. The number of carbonyl (C=O) groups is 2. The summed E-state index contributed by atoms with van der Waals surface area (Å²) in [5.41, 5.74) is 1.64. The molecule has 1 saturated heterocycles. The summed E-state index contributed by atoms with van der Waals surface area (Å²) < 4.78 is 0. The number of pyridine rings is 1. The van der Waals surface area contributed by atoms with E-state index < -0.39 is 0 Å². The molecule has 1 fully saturated rings. The molecule has 0 spiro atoms. The zero-order valence-corrected chi connectivity index (χ0v) is 18.1. The van der Waals surface area contributed by atoms with Crippen molar-refractivity contribution in [3.63, 3.8) is 0 Å². The molecule has 0 bridgehead atoms. The summed E-state index contributed by atoms with van der Waals surface area (Å²) in [6, 6.07) is 10.4. The number of aromatic amines is 1. The van der Waals surface area contributed by atoms with Crippen LogP contribution < -0.4 is 15.8 Å². The van der Waals surface area contributed by atoms with Gasteiger partial charge in [0.2, 0.25) is 11.5 Å². The molecule has 31 heavy (non-hydrogen) atoms. The lowest BCUT2D eigenvalue weighted by molar-refractivity contribution is -0.130. The summed E-state index contributed by atoms with van der Waals surface area (Å²) in [7, 11) is 0. The third-order valence-corrected chi connectivity index (χ3v) is 6.10. The van der Waals surface area contributed by atoms with Crippen molar-refractivity contribution in [2.45, 2.75) is 6.42 Å². The highest BCUT2D eigenvalue weighted by Gasteiger charge is 2.23. The molecular weight excluding hydrogens is 438 g/mol. The fourth-order valence-electron chi connectivity index (χ4n) is 3.34. The third-order valence-electron chi connectivity index (χ3n) is 4.98. The van der Waals surface area contributed by atoms with Gasteiger partial charge in [0.25, 0.3) is 5.91 Å². The SMILES string of the molecule is O=C(Nc1nc(CC(=O)N2CCN(c3ccccc3Cl)CC2)cs1)c1ccc(=O)[nH]c1. The van der Waals surface area contributed by atoms with Crippen molar-refractivity contribution in [1.82, 2.24) is 14.9 Å². The summed E-state index contributed by atoms with van der Waals surface area (Å²) >= 11 is 7.53. The van der Waals surface area contributed by atoms with Crippen LogP contribution in [0.4, 0.5) is 10.8 Å². The number of halogens is 1. The van der Waals surface area contributed by atoms with Gasteiger partial charge in [-0.2, -0.15) is 0 Å². The van der Waals surface area contributed by atoms with Gasteiger partial charge in [0.15, 0.2) is 5.13 Å². The number of anilines is 2. The number of benzene rings is 1. The maximum absolute atomic E-state index is 12.7. The Morgan fingerprint density at radius 1 is 1.13 bits per heavy atom. The van der Waals surface area contributed by atoms with Crippen LogP contribution in [0.25, 0.3) is 0 Å². The Balaban J connectivity index is 1.30. The molecule has 2 N–H and O–H groups in total. The van der Waals surface area contributed by atoms with Gasteiger partial charge in [-0.1, -0.05) is 23.7 Å². The summed E-state index contributed by atoms with van der Waals surface area (Å²) in [6.07, 6.45) is 1.52. The largest absolute Gasteiger partial charge is 0.367 e. The van der Waals surface area contributed by atoms with Gasteiger partial charge in [-0.3, -0.25) is 19.7 Å². The van der Waals surface area contributed by atoms with E-state index in [1.54, 1.807) is 5.38 Å². The van der Waals surface area contributed by atoms with Gasteiger partial charge >= 0.3 is 0 Å². The van der Waals surface area contributed by atoms with Crippen molar-refractivity contribution in [2.24, 2.45) is 0 Å². The van der Waals surface area contributed by atoms with Crippen LogP contribution in [0.1, 0.15) is 16.1 Å². The molecule has 3 aromatic rings. The van der Waals surface area contributed by atoms with Crippen LogP contribution in [0.3, 0.4) is 0 Å². The Bertz CT molecular complexity index is 1130. The molecule has 0 atom stereocenters. The van der Waals surface area contributed by atoms with Crippen LogP contribution in [0, 0.1) is 0 Å². The van der Waals surface area contributed by atoms with E-state index in [9.17, 15) is 14.4 Å². The third kappa shape index (κ3) is 5.12. The van der Waals surface area contributed by atoms with Gasteiger partial charge in [-0.15, -0.1) is 11.3 Å². The smallest absolute Gasteiger partial charge is 0.258 e. The standard InChI is InChI=1S/C21H20ClN5O3S/c22-16-3-1-2-4-17(16)26-7-9-27(10-8-26)19(29)11-15-13-31-21(24-15)25-20(30)14-5-6-18(28)23-12-14/h1-6,12-13H,7-11H2,(H,23,28)(H,24,25,30). The quantitative estimate of drug-likeness (QED) is 0.613. The van der Waals surface area contributed by atoms with Gasteiger partial charge in [0.1, 0.15) is 0 Å². The summed E-state index contributed by atoms with van der Waals surface area (Å²) in [6.45, 7) is 2.66. The maximum Gasteiger partial charge on any atom is 0.258 e. The highest BCUT2D eigenvalue weighted by Crippen LogP contribution is 2.26. The molecule has 1 aliphatic rings. The molecular formula is C21H20ClN5O3S. The lowest BCUT2D eigenvalue weighted by atomic mass is 10.2. The number of para-hydroxylation sites is 1. The van der Waals surface area contributed by atoms with E-state index in [0.717, 1.165) is 5.69 Å². The van der Waals surface area contributed by atoms with Crippen LogP contribution in [-0.2, 0) is 11.2 Å². The minimum absolute atomic E-state index is 0.00243. The minimum Gasteiger partial charge on any atom is -0.367 e. The molecule has 160 valence electrons. The van der Waals surface area contributed by atoms with E-state index in [-0.39, 0.29) is 23.8 Å². The number of nitrogens with zero attached hydrogens (tertiary/aromatic N) is 3. The van der Waals surface area contributed by atoms with Gasteiger partial charge in [0, 0.05) is 43.8 Å². The topological polar surface area (TPSA) is 98.4 Å². The Hall–Kier alpha value is -3.17. The van der Waals surface area contributed by atoms with E-state index in [4.69, 9.17) is 11.6 Å². The monoisotopic (exact) mass is 457 g/mol. The number of piperazine rings is 1. The van der Waals surface area contributed by atoms with Crippen molar-refractivity contribution >= 4 is 45.6 Å². The molecule has 10 heteroatoms. The number of carbonyl (C=O) groups excluding carboxylic acids is 2. The fourth-order valence-corrected chi connectivity index (χ4v) is 4.30. The Kier molecular flexibility index (Phi) is 6.34. The minimum atomic E-state index is -0.376. The second-order valence-electron chi connectivity index (χ2n) is 7.04. The first kappa shape index (κ1) is 21.1. The molecule has 1 aliphatic heterocycles. The highest BCUT2D eigenvalue weighted by atomic mass is 35.5. The summed E-state index contributed by atoms with van der Waals surface area (Å²) in [5.74, 6) is -0.373. The van der Waals surface area contributed by atoms with Crippen molar-refractivity contribution < 1.29 is 9.59 Å². The Labute approximate surface area is 187 Å². The molecule has 0 radical (unpaired) electrons. The molecule has 0 saturated carbocycles. The fraction of sp³-hybridized carbons (Fsp3) is 0.238. The predicted octanol–water partition coefficient (Wildman–Crippen LogP) is 2.63. The van der Waals surface area contributed by atoms with Crippen LogP contribution in [-0.4, -0.2) is 52.9 Å². The maximum atomic E-state index is 12.7. The average Bonchev–Trinajstić information content (AvgIpc) is 3.21. The van der Waals surface area contributed by atoms with Crippen LogP contribution in [0.2, 0.25) is 5.02 Å². The molecule has 8 nitrogen and oxygen atoms in total. The Morgan fingerprint density at radius 2 is 1.90 bits per heavy atom. The van der Waals surface area contributed by atoms with E-state index in [0.29, 0.717) is 47.6 Å². The van der Waals surface area contributed by atoms with E-state index in [1.165, 1.54) is 29.7 Å². The van der Waals surface area contributed by atoms with E-state index in [1.807, 2.05) is 29.2 Å². The normalized spacial score (nSPS) is 13.8. The number of hydrogen-bond donors (Lipinski definition) is 2. The first-order valence-corrected chi connectivity index (χ1v) is 11.0. The second-order valence-corrected chi connectivity index (χ2v) is 8.30. The second kappa shape index (κ2) is 9.32. The van der Waals surface area contributed by atoms with Gasteiger partial charge in [-0.05, 0) is 18.2 Å². The number of rotatable bonds is 5. The number of nitrogens with one attached hydrogen (secondary N) is 2. The van der Waals surface area contributed by atoms with Gasteiger partial charge in [0.05, 0.1) is 28.4 Å². The molecule has 2 aromatic heterocycles. The number of amides is 2. The molecule has 2 amide bonds. The first-order chi connectivity index (χ1) is 15.0. The number of aromatic nitrogens is 2. The predicted molar refractivity (Wildman–Crippen MR) is 121 cm³/mol. The lowest BCUT2D eigenvalue weighted by Gasteiger charge is -2.36. The molecule has 0 aliphatic carbocycles. The average molecular weight is 458 g/mol. The molecule has 4 rings (SSSR count). The molecule has 3 heterocycles. The van der Waals surface area contributed by atoms with Crippen molar-refractivity contribution in [1.29, 1.82) is 0 Å². The lowest BCUT2D eigenvalue weighted by Crippen LogP contribution is -2.49. The summed E-state index contributed by atoms with van der Waals surface area (Å²) in [4.78, 5) is 46.8. The number of hydrogen-bond acceptors (Lipinski definition) is 6. The van der Waals surface area contributed by atoms with Crippen molar-refractivity contribution in [3.05, 3.63) is 74.6 Å². The zero-order chi connectivity index (χ0) is 21.8. The number of H-pyrrole nitrogens is 1. The van der Waals surface area contributed by atoms with Gasteiger partial charge < -0.3 is 14.8 Å². The number of thiazole rings is 1. The Morgan fingerprint density at radius 3 is 2.61 bits per heavy atom. The van der Waals surface area contributed by atoms with Crippen LogP contribution in [0.15, 0.2) is 52.8 Å². The first-order valence-electron chi connectivity index (χ1n) is 9.71. The van der Waals surface area contributed by atoms with E-state index in [2.05, 4.69) is 20.2 Å². The van der Waals surface area contributed by atoms with Crippen molar-refractivity contribution in [2.75, 3.05) is 36.4 Å². The van der Waals surface area contributed by atoms with Crippen molar-refractivity contribution in [3.8, 4) is 0 Å². The zero-order valence-electron chi connectivity index (χ0n) is 16.5. The summed E-state index contributed by atoms with van der Waals surface area (Å²) in [5, 5.41) is 5.56. The van der Waals surface area contributed by atoms with E-state index >= 15 is 0 Å².